The third-order valence-corrected chi connectivity index (χ3v) is 1.14. The number of ether oxygens (including phenoxy) is 1. The second kappa shape index (κ2) is 4.83. The van der Waals surface area contributed by atoms with Gasteiger partial charge in [0.2, 0.25) is 0 Å². The summed E-state index contributed by atoms with van der Waals surface area (Å²) in [7, 11) is 0. The number of nitrogens with two attached hydrogens (primary N) is 1. The van der Waals surface area contributed by atoms with E-state index in [2.05, 4.69) is 11.3 Å². The minimum Gasteiger partial charge on any atom is -0.754 e. The molecule has 0 bridgehead atoms. The lowest BCUT2D eigenvalue weighted by atomic mass is 10.7. The smallest absolute Gasteiger partial charge is 0.436 e. The Bertz CT molecular complexity index is 183. The van der Waals surface area contributed by atoms with Crippen molar-refractivity contribution in [2.75, 3.05) is 6.61 Å². The van der Waals surface area contributed by atoms with Crippen molar-refractivity contribution in [3.63, 3.8) is 0 Å². The third-order valence-electron chi connectivity index (χ3n) is 0.665. The van der Waals surface area contributed by atoms with Crippen molar-refractivity contribution in [3.8, 4) is 0 Å². The summed E-state index contributed by atoms with van der Waals surface area (Å²) < 4.78 is 24.2. The summed E-state index contributed by atoms with van der Waals surface area (Å²) in [6, 6.07) is 0. The summed E-state index contributed by atoms with van der Waals surface area (Å²) in [4.78, 5) is 10.5. The van der Waals surface area contributed by atoms with Crippen molar-refractivity contribution in [1.82, 2.24) is 4.41 Å². The fourth-order valence-corrected chi connectivity index (χ4v) is 0.429. The van der Waals surface area contributed by atoms with E-state index in [1.165, 1.54) is 6.08 Å². The van der Waals surface area contributed by atoms with Gasteiger partial charge in [0.15, 0.2) is 0 Å². The first-order valence-corrected chi connectivity index (χ1v) is 3.54. The van der Waals surface area contributed by atoms with E-state index in [-0.39, 0.29) is 11.0 Å². The number of hydrogen-bond acceptors (Lipinski definition) is 5. The first-order valence-electron chi connectivity index (χ1n) is 2.51. The number of amides is 1. The van der Waals surface area contributed by atoms with Gasteiger partial charge in [-0.3, -0.25) is 4.21 Å². The van der Waals surface area contributed by atoms with Crippen molar-refractivity contribution in [2.45, 2.75) is 0 Å². The highest BCUT2D eigenvalue weighted by Crippen LogP contribution is 1.88. The topological polar surface area (TPSA) is 95.7 Å². The summed E-state index contributed by atoms with van der Waals surface area (Å²) in [6.07, 6.45) is 0.151. The SMILES string of the molecule is C=CCOC(=O)N(N)S(=O)[O-]. The maximum Gasteiger partial charge on any atom is 0.436 e. The monoisotopic (exact) mass is 179 g/mol. The average Bonchev–Trinajstić information content (AvgIpc) is 1.98. The van der Waals surface area contributed by atoms with E-state index in [4.69, 9.17) is 5.84 Å². The molecule has 0 heterocycles. The van der Waals surface area contributed by atoms with Crippen LogP contribution in [0.15, 0.2) is 12.7 Å². The Labute approximate surface area is 66.0 Å². The average molecular weight is 179 g/mol. The summed E-state index contributed by atoms with van der Waals surface area (Å²) in [6.45, 7) is 3.17. The van der Waals surface area contributed by atoms with Gasteiger partial charge in [0.05, 0.1) is 11.3 Å². The molecule has 1 atom stereocenters. The Morgan fingerprint density at radius 2 is 2.45 bits per heavy atom. The molecule has 0 aromatic rings. The molecule has 64 valence electrons. The molecular formula is C4H7N2O4S-. The molecule has 0 aliphatic carbocycles. The van der Waals surface area contributed by atoms with Crippen LogP contribution in [0.2, 0.25) is 0 Å². The van der Waals surface area contributed by atoms with E-state index in [1.54, 1.807) is 0 Å². The quantitative estimate of drug-likeness (QED) is 0.203. The van der Waals surface area contributed by atoms with Gasteiger partial charge in [0.25, 0.3) is 0 Å². The van der Waals surface area contributed by atoms with Gasteiger partial charge in [-0.25, -0.2) is 10.6 Å². The van der Waals surface area contributed by atoms with Crippen LogP contribution in [-0.4, -0.2) is 25.9 Å². The van der Waals surface area contributed by atoms with E-state index in [0.717, 1.165) is 0 Å². The lowest BCUT2D eigenvalue weighted by Crippen LogP contribution is -2.39. The van der Waals surface area contributed by atoms with Gasteiger partial charge in [-0.05, 0) is 0 Å². The normalized spacial score (nSPS) is 11.8. The second-order valence-electron chi connectivity index (χ2n) is 1.41. The van der Waals surface area contributed by atoms with Crippen LogP contribution >= 0.6 is 0 Å². The van der Waals surface area contributed by atoms with E-state index in [9.17, 15) is 13.6 Å². The van der Waals surface area contributed by atoms with Crippen molar-refractivity contribution in [2.24, 2.45) is 5.84 Å². The molecule has 0 spiro atoms. The van der Waals surface area contributed by atoms with E-state index < -0.39 is 17.4 Å². The van der Waals surface area contributed by atoms with Crippen LogP contribution in [0.4, 0.5) is 4.79 Å². The van der Waals surface area contributed by atoms with Crippen LogP contribution in [0, 0.1) is 0 Å². The van der Waals surface area contributed by atoms with E-state index >= 15 is 0 Å². The minimum atomic E-state index is -2.79. The molecule has 2 N–H and O–H groups in total. The number of nitrogens with zero attached hydrogens (tertiary/aromatic N) is 1. The van der Waals surface area contributed by atoms with Crippen LogP contribution in [0.5, 0.6) is 0 Å². The Morgan fingerprint density at radius 3 is 2.82 bits per heavy atom. The molecule has 0 aromatic carbocycles. The van der Waals surface area contributed by atoms with Gasteiger partial charge in [0.1, 0.15) is 6.61 Å². The number of hydrogen-bond donors (Lipinski definition) is 1. The highest BCUT2D eigenvalue weighted by Gasteiger charge is 2.09. The largest absolute Gasteiger partial charge is 0.754 e. The molecular weight excluding hydrogens is 172 g/mol. The van der Waals surface area contributed by atoms with Crippen LogP contribution in [-0.2, 0) is 16.0 Å². The molecule has 0 fully saturated rings. The molecule has 7 heteroatoms. The molecule has 0 aromatic heterocycles. The van der Waals surface area contributed by atoms with Crippen molar-refractivity contribution >= 4 is 17.4 Å². The lowest BCUT2D eigenvalue weighted by Gasteiger charge is -2.16. The van der Waals surface area contributed by atoms with Crippen LogP contribution < -0.4 is 5.84 Å². The predicted molar refractivity (Wildman–Crippen MR) is 36.5 cm³/mol. The second-order valence-corrected chi connectivity index (χ2v) is 2.24. The van der Waals surface area contributed by atoms with Crippen LogP contribution in [0.1, 0.15) is 0 Å². The highest BCUT2D eigenvalue weighted by atomic mass is 32.2. The molecule has 0 aliphatic heterocycles. The van der Waals surface area contributed by atoms with Gasteiger partial charge in [-0.1, -0.05) is 12.7 Å². The summed E-state index contributed by atoms with van der Waals surface area (Å²) in [5.41, 5.74) is 0. The zero-order chi connectivity index (χ0) is 8.85. The van der Waals surface area contributed by atoms with Crippen molar-refractivity contribution in [3.05, 3.63) is 12.7 Å². The standard InChI is InChI=1S/C4H8N2O4S/c1-2-3-10-4(7)6(5)11(8)9/h2H,1,3,5H2,(H,8,9)/p-1. The molecule has 1 unspecified atom stereocenters. The lowest BCUT2D eigenvalue weighted by molar-refractivity contribution is 0.136. The fourth-order valence-electron chi connectivity index (χ4n) is 0.255. The molecule has 0 radical (unpaired) electrons. The van der Waals surface area contributed by atoms with E-state index in [0.29, 0.717) is 0 Å². The summed E-state index contributed by atoms with van der Waals surface area (Å²) in [5, 5.41) is 0. The molecule has 0 aliphatic rings. The number of carbonyl (C=O) groups is 1. The highest BCUT2D eigenvalue weighted by molar-refractivity contribution is 7.77. The van der Waals surface area contributed by atoms with Gasteiger partial charge in [-0.2, -0.15) is 4.41 Å². The Balaban J connectivity index is 3.82. The first-order chi connectivity index (χ1) is 5.09. The molecule has 11 heavy (non-hydrogen) atoms. The Hall–Kier alpha value is -0.920. The van der Waals surface area contributed by atoms with Gasteiger partial charge < -0.3 is 9.29 Å². The third kappa shape index (κ3) is 3.71. The van der Waals surface area contributed by atoms with Gasteiger partial charge >= 0.3 is 6.09 Å². The zero-order valence-corrected chi connectivity index (χ0v) is 6.37. The Morgan fingerprint density at radius 1 is 1.91 bits per heavy atom. The van der Waals surface area contributed by atoms with Crippen molar-refractivity contribution in [1.29, 1.82) is 0 Å². The first kappa shape index (κ1) is 10.1. The maximum atomic E-state index is 10.5. The molecule has 1 amide bonds. The van der Waals surface area contributed by atoms with Gasteiger partial charge in [-0.15, -0.1) is 0 Å². The molecule has 0 rings (SSSR count). The zero-order valence-electron chi connectivity index (χ0n) is 5.56. The number of rotatable bonds is 3. The summed E-state index contributed by atoms with van der Waals surface area (Å²) in [5.74, 6) is 4.71. The number of hydrazine groups is 1. The summed E-state index contributed by atoms with van der Waals surface area (Å²) >= 11 is -2.79. The van der Waals surface area contributed by atoms with Crippen LogP contribution in [0.25, 0.3) is 0 Å². The maximum absolute atomic E-state index is 10.5. The van der Waals surface area contributed by atoms with Gasteiger partial charge in [0, 0.05) is 0 Å². The van der Waals surface area contributed by atoms with E-state index in [1.807, 2.05) is 0 Å². The minimum absolute atomic E-state index is 0.0521. The number of carbonyl (C=O) groups excluding carboxylic acids is 1. The molecule has 0 saturated heterocycles. The molecule has 6 nitrogen and oxygen atoms in total. The van der Waals surface area contributed by atoms with Crippen molar-refractivity contribution < 1.29 is 18.3 Å². The Kier molecular flexibility index (Phi) is 4.42. The van der Waals surface area contributed by atoms with Crippen LogP contribution in [0.3, 0.4) is 0 Å². The predicted octanol–water partition coefficient (Wildman–Crippen LogP) is -0.721. The molecule has 0 saturated carbocycles. The fraction of sp³-hybridized carbons (Fsp3) is 0.250.